The van der Waals surface area contributed by atoms with Crippen LogP contribution in [0.1, 0.15) is 38.5 Å². The zero-order chi connectivity index (χ0) is 15.0. The van der Waals surface area contributed by atoms with E-state index in [0.717, 1.165) is 18.2 Å². The third-order valence-electron chi connectivity index (χ3n) is 5.00. The quantitative estimate of drug-likeness (QED) is 0.872. The number of anilines is 2. The average molecular weight is 308 g/mol. The minimum Gasteiger partial charge on any atom is -0.396 e. The van der Waals surface area contributed by atoms with E-state index in [2.05, 4.69) is 4.90 Å². The first kappa shape index (κ1) is 14.7. The smallest absolute Gasteiger partial charge is 0.177 e. The Morgan fingerprint density at radius 3 is 2.52 bits per heavy atom. The Morgan fingerprint density at radius 2 is 1.86 bits per heavy atom. The molecule has 2 N–H and O–H groups in total. The van der Waals surface area contributed by atoms with Crippen LogP contribution in [0.2, 0.25) is 0 Å². The second-order valence-electron chi connectivity index (χ2n) is 6.41. The highest BCUT2D eigenvalue weighted by molar-refractivity contribution is 7.90. The Labute approximate surface area is 127 Å². The van der Waals surface area contributed by atoms with Gasteiger partial charge in [0, 0.05) is 18.8 Å². The number of nitrogens with zero attached hydrogens (tertiary/aromatic N) is 1. The van der Waals surface area contributed by atoms with Crippen LogP contribution in [0, 0.1) is 5.92 Å². The lowest BCUT2D eigenvalue weighted by Gasteiger charge is -2.32. The standard InChI is InChI=1S/C16H24N2O2S/c1-21(19,20)15-10-4-8-14(16(15)17)18-11-5-9-13(18)12-6-2-3-7-12/h4,8,10,12-13H,2-3,5-7,9,11,17H2,1H3. The van der Waals surface area contributed by atoms with Crippen molar-refractivity contribution in [3.05, 3.63) is 18.2 Å². The molecule has 5 heteroatoms. The summed E-state index contributed by atoms with van der Waals surface area (Å²) >= 11 is 0. The number of nitrogen functional groups attached to an aromatic ring is 1. The molecule has 2 aliphatic rings. The molecule has 0 radical (unpaired) electrons. The summed E-state index contributed by atoms with van der Waals surface area (Å²) in [6.07, 6.45) is 8.85. The molecule has 1 saturated heterocycles. The first-order valence-corrected chi connectivity index (χ1v) is 9.73. The Kier molecular flexibility index (Phi) is 3.86. The molecule has 1 unspecified atom stereocenters. The molecular formula is C16H24N2O2S. The maximum absolute atomic E-state index is 11.9. The molecular weight excluding hydrogens is 284 g/mol. The van der Waals surface area contributed by atoms with Gasteiger partial charge in [0.2, 0.25) is 0 Å². The van der Waals surface area contributed by atoms with Crippen molar-refractivity contribution in [2.75, 3.05) is 23.4 Å². The van der Waals surface area contributed by atoms with Gasteiger partial charge in [-0.1, -0.05) is 18.9 Å². The highest BCUT2D eigenvalue weighted by Crippen LogP contribution is 2.40. The van der Waals surface area contributed by atoms with Gasteiger partial charge in [0.15, 0.2) is 9.84 Å². The van der Waals surface area contributed by atoms with E-state index in [-0.39, 0.29) is 4.90 Å². The van der Waals surface area contributed by atoms with Crippen molar-refractivity contribution in [1.82, 2.24) is 0 Å². The molecule has 2 fully saturated rings. The molecule has 116 valence electrons. The molecule has 0 amide bonds. The van der Waals surface area contributed by atoms with Crippen molar-refractivity contribution in [3.8, 4) is 0 Å². The van der Waals surface area contributed by atoms with Gasteiger partial charge in [-0.15, -0.1) is 0 Å². The summed E-state index contributed by atoms with van der Waals surface area (Å²) in [6, 6.07) is 5.92. The normalized spacial score (nSPS) is 23.9. The summed E-state index contributed by atoms with van der Waals surface area (Å²) in [7, 11) is -3.27. The minimum atomic E-state index is -3.27. The predicted octanol–water partition coefficient (Wildman–Crippen LogP) is 2.83. The third-order valence-corrected chi connectivity index (χ3v) is 6.15. The summed E-state index contributed by atoms with van der Waals surface area (Å²) in [5.41, 5.74) is 7.52. The van der Waals surface area contributed by atoms with Crippen molar-refractivity contribution in [3.63, 3.8) is 0 Å². The van der Waals surface area contributed by atoms with Gasteiger partial charge in [-0.05, 0) is 43.7 Å². The molecule has 1 aliphatic heterocycles. The van der Waals surface area contributed by atoms with E-state index in [1.807, 2.05) is 12.1 Å². The van der Waals surface area contributed by atoms with Crippen LogP contribution in [0.25, 0.3) is 0 Å². The van der Waals surface area contributed by atoms with Crippen LogP contribution in [-0.2, 0) is 9.84 Å². The molecule has 1 aliphatic carbocycles. The van der Waals surface area contributed by atoms with Gasteiger partial charge in [0.1, 0.15) is 0 Å². The zero-order valence-electron chi connectivity index (χ0n) is 12.6. The Hall–Kier alpha value is -1.23. The largest absolute Gasteiger partial charge is 0.396 e. The molecule has 1 saturated carbocycles. The highest BCUT2D eigenvalue weighted by Gasteiger charge is 2.34. The van der Waals surface area contributed by atoms with E-state index in [1.54, 1.807) is 6.07 Å². The number of para-hydroxylation sites is 1. The molecule has 1 heterocycles. The maximum Gasteiger partial charge on any atom is 0.177 e. The van der Waals surface area contributed by atoms with Gasteiger partial charge in [0.25, 0.3) is 0 Å². The summed E-state index contributed by atoms with van der Waals surface area (Å²) in [5, 5.41) is 0. The van der Waals surface area contributed by atoms with E-state index in [4.69, 9.17) is 5.73 Å². The van der Waals surface area contributed by atoms with Crippen molar-refractivity contribution in [2.45, 2.75) is 49.5 Å². The first-order chi connectivity index (χ1) is 9.98. The Bertz CT molecular complexity index is 621. The van der Waals surface area contributed by atoms with Gasteiger partial charge in [-0.2, -0.15) is 0 Å². The van der Waals surface area contributed by atoms with Crippen molar-refractivity contribution in [2.24, 2.45) is 5.92 Å². The van der Waals surface area contributed by atoms with Gasteiger partial charge < -0.3 is 10.6 Å². The SMILES string of the molecule is CS(=O)(=O)c1cccc(N2CCCC2C2CCCC2)c1N. The van der Waals surface area contributed by atoms with Crippen molar-refractivity contribution in [1.29, 1.82) is 0 Å². The number of nitrogens with two attached hydrogens (primary N) is 1. The van der Waals surface area contributed by atoms with E-state index < -0.39 is 9.84 Å². The number of rotatable bonds is 3. The lowest BCUT2D eigenvalue weighted by Crippen LogP contribution is -2.35. The van der Waals surface area contributed by atoms with Gasteiger partial charge in [0.05, 0.1) is 16.3 Å². The van der Waals surface area contributed by atoms with Crippen LogP contribution in [0.3, 0.4) is 0 Å². The van der Waals surface area contributed by atoms with E-state index in [0.29, 0.717) is 11.7 Å². The molecule has 4 nitrogen and oxygen atoms in total. The van der Waals surface area contributed by atoms with Crippen LogP contribution in [0.5, 0.6) is 0 Å². The molecule has 0 bridgehead atoms. The fraction of sp³-hybridized carbons (Fsp3) is 0.625. The first-order valence-electron chi connectivity index (χ1n) is 7.83. The van der Waals surface area contributed by atoms with Crippen LogP contribution in [-0.4, -0.2) is 27.3 Å². The van der Waals surface area contributed by atoms with Crippen molar-refractivity contribution < 1.29 is 8.42 Å². The second kappa shape index (κ2) is 5.52. The molecule has 1 aromatic carbocycles. The summed E-state index contributed by atoms with van der Waals surface area (Å²) in [6.45, 7) is 0.985. The van der Waals surface area contributed by atoms with Gasteiger partial charge in [-0.3, -0.25) is 0 Å². The van der Waals surface area contributed by atoms with Crippen LogP contribution < -0.4 is 10.6 Å². The number of benzene rings is 1. The molecule has 3 rings (SSSR count). The lowest BCUT2D eigenvalue weighted by atomic mass is 9.95. The van der Waals surface area contributed by atoms with Crippen molar-refractivity contribution >= 4 is 21.2 Å². The Morgan fingerprint density at radius 1 is 1.14 bits per heavy atom. The summed E-state index contributed by atoms with van der Waals surface area (Å²) < 4.78 is 23.7. The predicted molar refractivity (Wildman–Crippen MR) is 86.3 cm³/mol. The topological polar surface area (TPSA) is 63.4 Å². The van der Waals surface area contributed by atoms with E-state index in [9.17, 15) is 8.42 Å². The maximum atomic E-state index is 11.9. The zero-order valence-corrected chi connectivity index (χ0v) is 13.4. The molecule has 0 aromatic heterocycles. The molecule has 1 atom stereocenters. The molecule has 1 aromatic rings. The number of hydrogen-bond donors (Lipinski definition) is 1. The fourth-order valence-corrected chi connectivity index (χ4v) is 4.86. The van der Waals surface area contributed by atoms with E-state index in [1.165, 1.54) is 44.8 Å². The van der Waals surface area contributed by atoms with Gasteiger partial charge in [-0.25, -0.2) is 8.42 Å². The molecule has 0 spiro atoms. The van der Waals surface area contributed by atoms with Crippen LogP contribution in [0.4, 0.5) is 11.4 Å². The fourth-order valence-electron chi connectivity index (χ4n) is 4.03. The summed E-state index contributed by atoms with van der Waals surface area (Å²) in [4.78, 5) is 2.62. The van der Waals surface area contributed by atoms with Crippen LogP contribution >= 0.6 is 0 Å². The highest BCUT2D eigenvalue weighted by atomic mass is 32.2. The molecule has 21 heavy (non-hydrogen) atoms. The van der Waals surface area contributed by atoms with Crippen LogP contribution in [0.15, 0.2) is 23.1 Å². The average Bonchev–Trinajstić information content (AvgIpc) is 3.08. The monoisotopic (exact) mass is 308 g/mol. The second-order valence-corrected chi connectivity index (χ2v) is 8.39. The Balaban J connectivity index is 1.96. The lowest BCUT2D eigenvalue weighted by molar-refractivity contribution is 0.431. The third kappa shape index (κ3) is 2.76. The summed E-state index contributed by atoms with van der Waals surface area (Å²) in [5.74, 6) is 0.744. The number of hydrogen-bond acceptors (Lipinski definition) is 4. The number of sulfone groups is 1. The minimum absolute atomic E-state index is 0.261. The van der Waals surface area contributed by atoms with E-state index >= 15 is 0 Å². The van der Waals surface area contributed by atoms with Gasteiger partial charge >= 0.3 is 0 Å².